The van der Waals surface area contributed by atoms with Gasteiger partial charge in [-0.1, -0.05) is 31.2 Å². The van der Waals surface area contributed by atoms with E-state index in [2.05, 4.69) is 0 Å². The van der Waals surface area contributed by atoms with Crippen molar-refractivity contribution in [3.05, 3.63) is 35.4 Å². The minimum Gasteiger partial charge on any atom is -0.396 e. The molecule has 2 heteroatoms. The van der Waals surface area contributed by atoms with Gasteiger partial charge in [0.25, 0.3) is 0 Å². The Labute approximate surface area is 79.2 Å². The van der Waals surface area contributed by atoms with Crippen LogP contribution in [-0.4, -0.2) is 18.8 Å². The third-order valence-corrected chi connectivity index (χ3v) is 2.13. The first kappa shape index (κ1) is 10.2. The number of ether oxygens (including phenoxy) is 1. The predicted octanol–water partition coefficient (Wildman–Crippen LogP) is 1.93. The topological polar surface area (TPSA) is 29.5 Å². The highest BCUT2D eigenvalue weighted by Crippen LogP contribution is 2.15. The number of hydrogen-bond acceptors (Lipinski definition) is 2. The van der Waals surface area contributed by atoms with Crippen LogP contribution in [0, 0.1) is 0 Å². The highest BCUT2D eigenvalue weighted by molar-refractivity contribution is 5.24. The summed E-state index contributed by atoms with van der Waals surface area (Å²) in [5.41, 5.74) is 2.33. The number of benzene rings is 1. The Bertz CT molecular complexity index is 241. The standard InChI is InChI=1S/C11H16O2/c1-9(7-12)11-5-3-10(4-6-11)8-13-2/h3-6,9,12H,7-8H2,1-2H3. The minimum absolute atomic E-state index is 0.198. The van der Waals surface area contributed by atoms with Gasteiger partial charge in [0.05, 0.1) is 6.61 Å². The highest BCUT2D eigenvalue weighted by atomic mass is 16.5. The van der Waals surface area contributed by atoms with E-state index in [0.29, 0.717) is 6.61 Å². The quantitative estimate of drug-likeness (QED) is 0.767. The van der Waals surface area contributed by atoms with E-state index in [4.69, 9.17) is 9.84 Å². The molecule has 0 saturated heterocycles. The van der Waals surface area contributed by atoms with E-state index in [0.717, 1.165) is 5.56 Å². The van der Waals surface area contributed by atoms with Crippen LogP contribution in [0.5, 0.6) is 0 Å². The van der Waals surface area contributed by atoms with Gasteiger partial charge in [-0.05, 0) is 11.1 Å². The molecular weight excluding hydrogens is 164 g/mol. The summed E-state index contributed by atoms with van der Waals surface area (Å²) in [6.45, 7) is 2.85. The average Bonchev–Trinajstić information content (AvgIpc) is 2.18. The lowest BCUT2D eigenvalue weighted by molar-refractivity contribution is 0.185. The van der Waals surface area contributed by atoms with Crippen LogP contribution in [0.4, 0.5) is 0 Å². The van der Waals surface area contributed by atoms with Crippen molar-refractivity contribution in [2.24, 2.45) is 0 Å². The van der Waals surface area contributed by atoms with Crippen molar-refractivity contribution in [2.45, 2.75) is 19.4 Å². The Morgan fingerprint density at radius 3 is 2.38 bits per heavy atom. The Hall–Kier alpha value is -0.860. The van der Waals surface area contributed by atoms with Gasteiger partial charge in [0.15, 0.2) is 0 Å². The lowest BCUT2D eigenvalue weighted by Gasteiger charge is -2.08. The lowest BCUT2D eigenvalue weighted by atomic mass is 10.0. The van der Waals surface area contributed by atoms with Crippen LogP contribution in [0.3, 0.4) is 0 Å². The van der Waals surface area contributed by atoms with Crippen LogP contribution in [0.1, 0.15) is 24.0 Å². The molecule has 1 atom stereocenters. The van der Waals surface area contributed by atoms with Crippen LogP contribution in [0.2, 0.25) is 0 Å². The van der Waals surface area contributed by atoms with Crippen molar-refractivity contribution in [2.75, 3.05) is 13.7 Å². The first-order valence-electron chi connectivity index (χ1n) is 4.46. The summed E-state index contributed by atoms with van der Waals surface area (Å²) in [7, 11) is 1.68. The smallest absolute Gasteiger partial charge is 0.0713 e. The molecule has 0 bridgehead atoms. The van der Waals surface area contributed by atoms with Gasteiger partial charge in [0.1, 0.15) is 0 Å². The summed E-state index contributed by atoms with van der Waals surface area (Å²) >= 11 is 0. The second-order valence-electron chi connectivity index (χ2n) is 3.26. The molecule has 0 fully saturated rings. The molecule has 72 valence electrons. The molecule has 0 aromatic heterocycles. The van der Waals surface area contributed by atoms with Gasteiger partial charge >= 0.3 is 0 Å². The molecule has 1 unspecified atom stereocenters. The largest absolute Gasteiger partial charge is 0.396 e. The Morgan fingerprint density at radius 1 is 1.31 bits per heavy atom. The second kappa shape index (κ2) is 5.00. The van der Waals surface area contributed by atoms with Crippen molar-refractivity contribution in [3.8, 4) is 0 Å². The summed E-state index contributed by atoms with van der Waals surface area (Å²) in [4.78, 5) is 0. The summed E-state index contributed by atoms with van der Waals surface area (Å²) in [5, 5.41) is 8.94. The molecule has 0 spiro atoms. The molecule has 1 aromatic rings. The SMILES string of the molecule is COCc1ccc(C(C)CO)cc1. The fourth-order valence-corrected chi connectivity index (χ4v) is 1.21. The predicted molar refractivity (Wildman–Crippen MR) is 52.7 cm³/mol. The van der Waals surface area contributed by atoms with Crippen molar-refractivity contribution < 1.29 is 9.84 Å². The van der Waals surface area contributed by atoms with E-state index in [9.17, 15) is 0 Å². The minimum atomic E-state index is 0.198. The van der Waals surface area contributed by atoms with Crippen molar-refractivity contribution in [3.63, 3.8) is 0 Å². The maximum atomic E-state index is 8.94. The molecule has 1 rings (SSSR count). The normalized spacial score (nSPS) is 12.8. The van der Waals surface area contributed by atoms with Crippen LogP contribution in [-0.2, 0) is 11.3 Å². The number of aliphatic hydroxyl groups excluding tert-OH is 1. The summed E-state index contributed by atoms with van der Waals surface area (Å²) < 4.78 is 5.01. The van der Waals surface area contributed by atoms with E-state index >= 15 is 0 Å². The molecule has 0 amide bonds. The third-order valence-electron chi connectivity index (χ3n) is 2.13. The van der Waals surface area contributed by atoms with E-state index in [-0.39, 0.29) is 12.5 Å². The van der Waals surface area contributed by atoms with Crippen LogP contribution < -0.4 is 0 Å². The zero-order valence-corrected chi connectivity index (χ0v) is 8.16. The zero-order chi connectivity index (χ0) is 9.68. The van der Waals surface area contributed by atoms with Crippen LogP contribution in [0.15, 0.2) is 24.3 Å². The molecule has 0 aliphatic heterocycles. The molecule has 1 aromatic carbocycles. The van der Waals surface area contributed by atoms with Crippen LogP contribution in [0.25, 0.3) is 0 Å². The van der Waals surface area contributed by atoms with Gasteiger partial charge in [-0.25, -0.2) is 0 Å². The number of rotatable bonds is 4. The number of aliphatic hydroxyl groups is 1. The second-order valence-corrected chi connectivity index (χ2v) is 3.26. The molecular formula is C11H16O2. The Morgan fingerprint density at radius 2 is 1.92 bits per heavy atom. The lowest BCUT2D eigenvalue weighted by Crippen LogP contribution is -1.98. The molecule has 0 aliphatic carbocycles. The zero-order valence-electron chi connectivity index (χ0n) is 8.16. The molecule has 0 heterocycles. The third kappa shape index (κ3) is 2.83. The number of hydrogen-bond donors (Lipinski definition) is 1. The van der Waals surface area contributed by atoms with E-state index in [1.54, 1.807) is 7.11 Å². The van der Waals surface area contributed by atoms with Crippen LogP contribution >= 0.6 is 0 Å². The average molecular weight is 180 g/mol. The molecule has 2 nitrogen and oxygen atoms in total. The maximum absolute atomic E-state index is 8.94. The molecule has 0 saturated carbocycles. The fraction of sp³-hybridized carbons (Fsp3) is 0.455. The van der Waals surface area contributed by atoms with E-state index in [1.165, 1.54) is 5.56 Å². The van der Waals surface area contributed by atoms with Gasteiger partial charge in [-0.2, -0.15) is 0 Å². The first-order valence-corrected chi connectivity index (χ1v) is 4.46. The van der Waals surface area contributed by atoms with Gasteiger partial charge in [-0.15, -0.1) is 0 Å². The Balaban J connectivity index is 2.69. The van der Waals surface area contributed by atoms with Gasteiger partial charge in [0, 0.05) is 19.6 Å². The highest BCUT2D eigenvalue weighted by Gasteiger charge is 2.02. The molecule has 0 radical (unpaired) electrons. The maximum Gasteiger partial charge on any atom is 0.0713 e. The molecule has 1 N–H and O–H groups in total. The number of methoxy groups -OCH3 is 1. The van der Waals surface area contributed by atoms with Gasteiger partial charge < -0.3 is 9.84 Å². The Kier molecular flexibility index (Phi) is 3.93. The summed E-state index contributed by atoms with van der Waals surface area (Å²) in [5.74, 6) is 0.219. The van der Waals surface area contributed by atoms with E-state index in [1.807, 2.05) is 31.2 Å². The van der Waals surface area contributed by atoms with Gasteiger partial charge in [-0.3, -0.25) is 0 Å². The fourth-order valence-electron chi connectivity index (χ4n) is 1.21. The monoisotopic (exact) mass is 180 g/mol. The first-order chi connectivity index (χ1) is 6.27. The van der Waals surface area contributed by atoms with Crippen molar-refractivity contribution in [1.29, 1.82) is 0 Å². The van der Waals surface area contributed by atoms with Crippen molar-refractivity contribution in [1.82, 2.24) is 0 Å². The molecule has 0 aliphatic rings. The summed E-state index contributed by atoms with van der Waals surface area (Å²) in [6, 6.07) is 8.14. The molecule has 13 heavy (non-hydrogen) atoms. The van der Waals surface area contributed by atoms with E-state index < -0.39 is 0 Å². The van der Waals surface area contributed by atoms with Gasteiger partial charge in [0.2, 0.25) is 0 Å². The summed E-state index contributed by atoms with van der Waals surface area (Å²) in [6.07, 6.45) is 0. The van der Waals surface area contributed by atoms with Crippen molar-refractivity contribution >= 4 is 0 Å².